The summed E-state index contributed by atoms with van der Waals surface area (Å²) in [7, 11) is -2.27. The molecule has 1 saturated heterocycles. The molecule has 1 aliphatic rings. The van der Waals surface area contributed by atoms with E-state index in [-0.39, 0.29) is 10.9 Å². The summed E-state index contributed by atoms with van der Waals surface area (Å²) in [5, 5.41) is 12.3. The Bertz CT molecular complexity index is 777. The van der Waals surface area contributed by atoms with Crippen LogP contribution in [0.15, 0.2) is 23.1 Å². The van der Waals surface area contributed by atoms with Gasteiger partial charge < -0.3 is 15.0 Å². The third-order valence-electron chi connectivity index (χ3n) is 5.21. The molecule has 1 aromatic carbocycles. The SMILES string of the molecule is CCCCCCCCCNc1ccc(OC)c(S(=O)(=O)NC2CCN(C#N)C2)c1. The monoisotopic (exact) mass is 422 g/mol. The minimum absolute atomic E-state index is 0.125. The van der Waals surface area contributed by atoms with Gasteiger partial charge in [0, 0.05) is 31.4 Å². The fourth-order valence-electron chi connectivity index (χ4n) is 3.54. The van der Waals surface area contributed by atoms with Gasteiger partial charge in [-0.15, -0.1) is 0 Å². The average Bonchev–Trinajstić information content (AvgIpc) is 3.16. The number of sulfonamides is 1. The molecule has 0 saturated carbocycles. The van der Waals surface area contributed by atoms with E-state index in [1.54, 1.807) is 17.0 Å². The van der Waals surface area contributed by atoms with Crippen LogP contribution in [0.25, 0.3) is 0 Å². The van der Waals surface area contributed by atoms with Crippen LogP contribution in [0.1, 0.15) is 58.3 Å². The first kappa shape index (κ1) is 23.3. The summed E-state index contributed by atoms with van der Waals surface area (Å²) < 4.78 is 33.8. The summed E-state index contributed by atoms with van der Waals surface area (Å²) in [4.78, 5) is 1.69. The van der Waals surface area contributed by atoms with Crippen molar-refractivity contribution in [3.63, 3.8) is 0 Å². The normalized spacial score (nSPS) is 16.6. The summed E-state index contributed by atoms with van der Waals surface area (Å²) in [6.45, 7) is 4.00. The molecule has 1 aromatic rings. The predicted octanol–water partition coefficient (Wildman–Crippen LogP) is 3.69. The molecule has 0 spiro atoms. The summed E-state index contributed by atoms with van der Waals surface area (Å²) in [6, 6.07) is 4.87. The molecule has 7 nitrogen and oxygen atoms in total. The third kappa shape index (κ3) is 7.41. The number of nitrogens with zero attached hydrogens (tertiary/aromatic N) is 2. The van der Waals surface area contributed by atoms with Gasteiger partial charge in [0.2, 0.25) is 10.0 Å². The number of benzene rings is 1. The van der Waals surface area contributed by atoms with Gasteiger partial charge in [0.25, 0.3) is 0 Å². The fourth-order valence-corrected chi connectivity index (χ4v) is 5.00. The maximum Gasteiger partial charge on any atom is 0.244 e. The summed E-state index contributed by atoms with van der Waals surface area (Å²) in [5.41, 5.74) is 0.766. The fraction of sp³-hybridized carbons (Fsp3) is 0.667. The van der Waals surface area contributed by atoms with Crippen molar-refractivity contribution in [2.45, 2.75) is 69.2 Å². The van der Waals surface area contributed by atoms with Crippen LogP contribution in [0.3, 0.4) is 0 Å². The van der Waals surface area contributed by atoms with Crippen molar-refractivity contribution in [1.29, 1.82) is 5.26 Å². The number of hydrogen-bond donors (Lipinski definition) is 2. The molecule has 0 amide bonds. The summed E-state index contributed by atoms with van der Waals surface area (Å²) >= 11 is 0. The summed E-state index contributed by atoms with van der Waals surface area (Å²) in [5.74, 6) is 0.314. The Labute approximate surface area is 175 Å². The second-order valence-corrected chi connectivity index (χ2v) is 9.25. The lowest BCUT2D eigenvalue weighted by atomic mass is 10.1. The van der Waals surface area contributed by atoms with Crippen LogP contribution < -0.4 is 14.8 Å². The minimum atomic E-state index is -3.74. The molecule has 2 N–H and O–H groups in total. The summed E-state index contributed by atoms with van der Waals surface area (Å²) in [6.07, 6.45) is 11.3. The van der Waals surface area contributed by atoms with E-state index in [2.05, 4.69) is 23.2 Å². The molecule has 8 heteroatoms. The van der Waals surface area contributed by atoms with Crippen molar-refractivity contribution in [2.24, 2.45) is 0 Å². The first-order valence-electron chi connectivity index (χ1n) is 10.6. The molecule has 29 heavy (non-hydrogen) atoms. The van der Waals surface area contributed by atoms with Crippen LogP contribution in [-0.4, -0.2) is 46.1 Å². The first-order chi connectivity index (χ1) is 14.0. The number of methoxy groups -OCH3 is 1. The molecular formula is C21H34N4O3S. The number of nitrogens with one attached hydrogen (secondary N) is 2. The maximum atomic E-state index is 12.9. The van der Waals surface area contributed by atoms with Crippen molar-refractivity contribution >= 4 is 15.7 Å². The van der Waals surface area contributed by atoms with Gasteiger partial charge in [-0.2, -0.15) is 5.26 Å². The van der Waals surface area contributed by atoms with Gasteiger partial charge in [-0.25, -0.2) is 13.1 Å². The Morgan fingerprint density at radius 2 is 1.93 bits per heavy atom. The van der Waals surface area contributed by atoms with Gasteiger partial charge in [0.1, 0.15) is 10.6 Å². The molecule has 1 heterocycles. The zero-order valence-corrected chi connectivity index (χ0v) is 18.4. The Hall–Kier alpha value is -1.98. The quantitative estimate of drug-likeness (QED) is 0.372. The van der Waals surface area contributed by atoms with E-state index in [1.165, 1.54) is 45.6 Å². The lowest BCUT2D eigenvalue weighted by molar-refractivity contribution is 0.402. The highest BCUT2D eigenvalue weighted by atomic mass is 32.2. The molecule has 0 aromatic heterocycles. The van der Waals surface area contributed by atoms with Crippen LogP contribution >= 0.6 is 0 Å². The van der Waals surface area contributed by atoms with Crippen molar-refractivity contribution in [3.05, 3.63) is 18.2 Å². The molecule has 1 fully saturated rings. The standard InChI is InChI=1S/C21H34N4O3S/c1-3-4-5-6-7-8-9-13-23-18-10-11-20(28-2)21(15-18)29(26,27)24-19-12-14-25(16-19)17-22/h10-11,15,19,23-24H,3-9,12-14,16H2,1-2H3. The number of unbranched alkanes of at least 4 members (excludes halogenated alkanes) is 6. The topological polar surface area (TPSA) is 94.5 Å². The molecule has 0 aliphatic carbocycles. The second kappa shape index (κ2) is 11.9. The van der Waals surface area contributed by atoms with E-state index in [0.29, 0.717) is 25.3 Å². The number of hydrogen-bond acceptors (Lipinski definition) is 6. The van der Waals surface area contributed by atoms with Gasteiger partial charge in [-0.05, 0) is 31.0 Å². The molecule has 162 valence electrons. The van der Waals surface area contributed by atoms with E-state index in [4.69, 9.17) is 10.00 Å². The second-order valence-electron chi connectivity index (χ2n) is 7.57. The van der Waals surface area contributed by atoms with Crippen LogP contribution in [0.2, 0.25) is 0 Å². The highest BCUT2D eigenvalue weighted by Crippen LogP contribution is 2.28. The van der Waals surface area contributed by atoms with E-state index < -0.39 is 10.0 Å². The van der Waals surface area contributed by atoms with Crippen molar-refractivity contribution < 1.29 is 13.2 Å². The Kier molecular flexibility index (Phi) is 9.55. The zero-order valence-electron chi connectivity index (χ0n) is 17.6. The van der Waals surface area contributed by atoms with Crippen LogP contribution in [0.4, 0.5) is 5.69 Å². The Morgan fingerprint density at radius 3 is 2.59 bits per heavy atom. The smallest absolute Gasteiger partial charge is 0.244 e. The van der Waals surface area contributed by atoms with Crippen molar-refractivity contribution in [1.82, 2.24) is 9.62 Å². The van der Waals surface area contributed by atoms with E-state index >= 15 is 0 Å². The van der Waals surface area contributed by atoms with E-state index in [1.807, 2.05) is 6.07 Å². The molecular weight excluding hydrogens is 388 g/mol. The molecule has 0 bridgehead atoms. The average molecular weight is 423 g/mol. The van der Waals surface area contributed by atoms with E-state index in [9.17, 15) is 8.42 Å². The lowest BCUT2D eigenvalue weighted by Crippen LogP contribution is -2.36. The number of rotatable bonds is 13. The number of anilines is 1. The van der Waals surface area contributed by atoms with Crippen molar-refractivity contribution in [2.75, 3.05) is 32.1 Å². The molecule has 0 radical (unpaired) electrons. The Morgan fingerprint density at radius 1 is 1.21 bits per heavy atom. The zero-order chi connectivity index (χ0) is 21.1. The maximum absolute atomic E-state index is 12.9. The first-order valence-corrected chi connectivity index (χ1v) is 12.1. The highest BCUT2D eigenvalue weighted by Gasteiger charge is 2.28. The van der Waals surface area contributed by atoms with Crippen molar-refractivity contribution in [3.8, 4) is 11.9 Å². The van der Waals surface area contributed by atoms with Gasteiger partial charge in [-0.1, -0.05) is 45.4 Å². The molecule has 1 unspecified atom stereocenters. The predicted molar refractivity (Wildman–Crippen MR) is 115 cm³/mol. The van der Waals surface area contributed by atoms with Gasteiger partial charge in [0.15, 0.2) is 6.19 Å². The van der Waals surface area contributed by atoms with Crippen LogP contribution in [0, 0.1) is 11.5 Å². The van der Waals surface area contributed by atoms with Crippen LogP contribution in [-0.2, 0) is 10.0 Å². The van der Waals surface area contributed by atoms with Gasteiger partial charge in [0.05, 0.1) is 7.11 Å². The molecule has 2 rings (SSSR count). The molecule has 1 aliphatic heterocycles. The van der Waals surface area contributed by atoms with Crippen LogP contribution in [0.5, 0.6) is 5.75 Å². The van der Waals surface area contributed by atoms with Gasteiger partial charge >= 0.3 is 0 Å². The number of ether oxygens (including phenoxy) is 1. The third-order valence-corrected chi connectivity index (χ3v) is 6.76. The number of likely N-dealkylation sites (tertiary alicyclic amines) is 1. The van der Waals surface area contributed by atoms with Gasteiger partial charge in [-0.3, -0.25) is 0 Å². The highest BCUT2D eigenvalue weighted by molar-refractivity contribution is 7.89. The number of nitriles is 1. The lowest BCUT2D eigenvalue weighted by Gasteiger charge is -2.16. The largest absolute Gasteiger partial charge is 0.495 e. The van der Waals surface area contributed by atoms with E-state index in [0.717, 1.165) is 18.7 Å². The minimum Gasteiger partial charge on any atom is -0.495 e. The Balaban J connectivity index is 1.91. The molecule has 1 atom stereocenters.